The van der Waals surface area contributed by atoms with Crippen molar-refractivity contribution in [3.8, 4) is 5.75 Å². The van der Waals surface area contributed by atoms with E-state index in [2.05, 4.69) is 5.32 Å². The molecule has 1 N–H and O–H groups in total. The number of ether oxygens (including phenoxy) is 1. The van der Waals surface area contributed by atoms with E-state index in [1.807, 2.05) is 0 Å². The molecular formula is C14H19FN2O3. The van der Waals surface area contributed by atoms with Crippen LogP contribution >= 0.6 is 0 Å². The van der Waals surface area contributed by atoms with Crippen molar-refractivity contribution in [3.05, 3.63) is 33.6 Å². The third kappa shape index (κ3) is 3.66. The molecule has 0 spiro atoms. The third-order valence-electron chi connectivity index (χ3n) is 3.63. The number of aryl methyl sites for hydroxylation is 1. The quantitative estimate of drug-likeness (QED) is 0.666. The Morgan fingerprint density at radius 2 is 2.35 bits per heavy atom. The van der Waals surface area contributed by atoms with Crippen LogP contribution in [0.3, 0.4) is 0 Å². The van der Waals surface area contributed by atoms with Gasteiger partial charge in [0, 0.05) is 5.56 Å². The molecule has 0 bridgehead atoms. The van der Waals surface area contributed by atoms with E-state index < -0.39 is 10.7 Å². The van der Waals surface area contributed by atoms with E-state index in [4.69, 9.17) is 4.74 Å². The maximum Gasteiger partial charge on any atom is 0.275 e. The number of halogens is 1. The molecule has 0 amide bonds. The highest BCUT2D eigenvalue weighted by atomic mass is 19.1. The molecule has 1 heterocycles. The second-order valence-electron chi connectivity index (χ2n) is 5.18. The molecule has 1 aliphatic rings. The molecule has 2 rings (SSSR count). The number of nitro groups is 1. The van der Waals surface area contributed by atoms with Crippen LogP contribution < -0.4 is 10.1 Å². The van der Waals surface area contributed by atoms with Crippen LogP contribution in [0.25, 0.3) is 0 Å². The summed E-state index contributed by atoms with van der Waals surface area (Å²) in [5, 5.41) is 14.0. The lowest BCUT2D eigenvalue weighted by molar-refractivity contribution is -0.385. The van der Waals surface area contributed by atoms with Gasteiger partial charge in [0.15, 0.2) is 11.6 Å². The van der Waals surface area contributed by atoms with Crippen molar-refractivity contribution < 1.29 is 14.1 Å². The molecule has 20 heavy (non-hydrogen) atoms. The van der Waals surface area contributed by atoms with E-state index in [9.17, 15) is 14.5 Å². The van der Waals surface area contributed by atoms with Crippen molar-refractivity contribution in [2.45, 2.75) is 26.2 Å². The van der Waals surface area contributed by atoms with Gasteiger partial charge < -0.3 is 10.1 Å². The summed E-state index contributed by atoms with van der Waals surface area (Å²) in [6.07, 6.45) is 3.19. The summed E-state index contributed by atoms with van der Waals surface area (Å²) in [5.74, 6) is -0.0214. The fraction of sp³-hybridized carbons (Fsp3) is 0.571. The molecule has 0 aromatic heterocycles. The molecule has 0 radical (unpaired) electrons. The molecular weight excluding hydrogens is 263 g/mol. The van der Waals surface area contributed by atoms with Gasteiger partial charge >= 0.3 is 0 Å². The highest BCUT2D eigenvalue weighted by Crippen LogP contribution is 2.27. The first kappa shape index (κ1) is 14.7. The number of nitrogens with zero attached hydrogens (tertiary/aromatic N) is 1. The molecule has 0 saturated carbocycles. The van der Waals surface area contributed by atoms with Crippen LogP contribution in [0.2, 0.25) is 0 Å². The number of benzene rings is 1. The molecule has 1 aromatic carbocycles. The Morgan fingerprint density at radius 1 is 1.55 bits per heavy atom. The summed E-state index contributed by atoms with van der Waals surface area (Å²) in [7, 11) is 0. The minimum absolute atomic E-state index is 0.0943. The number of piperidine rings is 1. The minimum Gasteiger partial charge on any atom is -0.490 e. The van der Waals surface area contributed by atoms with Gasteiger partial charge in [-0.2, -0.15) is 0 Å². The second kappa shape index (κ2) is 6.65. The second-order valence-corrected chi connectivity index (χ2v) is 5.18. The maximum atomic E-state index is 13.7. The van der Waals surface area contributed by atoms with E-state index in [1.54, 1.807) is 6.92 Å². The van der Waals surface area contributed by atoms with E-state index in [1.165, 1.54) is 6.07 Å². The lowest BCUT2D eigenvalue weighted by atomic mass is 9.97. The Labute approximate surface area is 117 Å². The van der Waals surface area contributed by atoms with Crippen LogP contribution in [0.15, 0.2) is 12.1 Å². The number of hydrogen-bond acceptors (Lipinski definition) is 4. The number of nitro benzene ring substituents is 1. The van der Waals surface area contributed by atoms with Crippen molar-refractivity contribution in [1.82, 2.24) is 5.32 Å². The van der Waals surface area contributed by atoms with Crippen molar-refractivity contribution in [2.75, 3.05) is 19.7 Å². The SMILES string of the molecule is Cc1cc(OCCC2CCCNC2)c(F)cc1[N+](=O)[O-]. The minimum atomic E-state index is -0.677. The number of nitrogens with one attached hydrogen (secondary N) is 1. The van der Waals surface area contributed by atoms with Crippen LogP contribution in [0.5, 0.6) is 5.75 Å². The summed E-state index contributed by atoms with van der Waals surface area (Å²) >= 11 is 0. The molecule has 5 nitrogen and oxygen atoms in total. The Kier molecular flexibility index (Phi) is 4.89. The van der Waals surface area contributed by atoms with Crippen molar-refractivity contribution in [1.29, 1.82) is 0 Å². The zero-order valence-electron chi connectivity index (χ0n) is 11.5. The first-order valence-electron chi connectivity index (χ1n) is 6.86. The van der Waals surface area contributed by atoms with Crippen LogP contribution in [0, 0.1) is 28.8 Å². The van der Waals surface area contributed by atoms with Gasteiger partial charge in [-0.05, 0) is 51.3 Å². The largest absolute Gasteiger partial charge is 0.490 e. The lowest BCUT2D eigenvalue weighted by Crippen LogP contribution is -2.30. The highest BCUT2D eigenvalue weighted by Gasteiger charge is 2.17. The van der Waals surface area contributed by atoms with Crippen LogP contribution in [-0.4, -0.2) is 24.6 Å². The topological polar surface area (TPSA) is 64.4 Å². The van der Waals surface area contributed by atoms with E-state index in [0.29, 0.717) is 18.1 Å². The molecule has 0 aliphatic carbocycles. The van der Waals surface area contributed by atoms with Crippen LogP contribution in [0.4, 0.5) is 10.1 Å². The summed E-state index contributed by atoms with van der Waals surface area (Å²) in [6.45, 7) is 4.05. The molecule has 1 fully saturated rings. The summed E-state index contributed by atoms with van der Waals surface area (Å²) in [6, 6.07) is 2.32. The van der Waals surface area contributed by atoms with Gasteiger partial charge in [0.2, 0.25) is 0 Å². The van der Waals surface area contributed by atoms with Crippen molar-refractivity contribution in [2.24, 2.45) is 5.92 Å². The molecule has 110 valence electrons. The van der Waals surface area contributed by atoms with Crippen LogP contribution in [-0.2, 0) is 0 Å². The van der Waals surface area contributed by atoms with Crippen molar-refractivity contribution in [3.63, 3.8) is 0 Å². The Bertz CT molecular complexity index is 488. The Hall–Kier alpha value is -1.69. The average molecular weight is 282 g/mol. The molecule has 1 saturated heterocycles. The summed E-state index contributed by atoms with van der Waals surface area (Å²) < 4.78 is 19.1. The van der Waals surface area contributed by atoms with Gasteiger partial charge in [0.05, 0.1) is 17.6 Å². The van der Waals surface area contributed by atoms with Gasteiger partial charge in [0.25, 0.3) is 5.69 Å². The fourth-order valence-corrected chi connectivity index (χ4v) is 2.46. The van der Waals surface area contributed by atoms with Gasteiger partial charge in [-0.1, -0.05) is 0 Å². The van der Waals surface area contributed by atoms with E-state index in [-0.39, 0.29) is 11.4 Å². The predicted octanol–water partition coefficient (Wildman–Crippen LogP) is 2.81. The number of hydrogen-bond donors (Lipinski definition) is 1. The van der Waals surface area contributed by atoms with E-state index in [0.717, 1.165) is 38.4 Å². The van der Waals surface area contributed by atoms with Gasteiger partial charge in [0.1, 0.15) is 0 Å². The lowest BCUT2D eigenvalue weighted by Gasteiger charge is -2.22. The third-order valence-corrected chi connectivity index (χ3v) is 3.63. The normalized spacial score (nSPS) is 18.8. The molecule has 1 unspecified atom stereocenters. The Morgan fingerprint density at radius 3 is 3.00 bits per heavy atom. The predicted molar refractivity (Wildman–Crippen MR) is 73.5 cm³/mol. The van der Waals surface area contributed by atoms with Gasteiger partial charge in [-0.25, -0.2) is 4.39 Å². The number of rotatable bonds is 5. The first-order chi connectivity index (χ1) is 9.58. The summed E-state index contributed by atoms with van der Waals surface area (Å²) in [4.78, 5) is 10.1. The zero-order chi connectivity index (χ0) is 14.5. The standard InChI is InChI=1S/C14H19FN2O3/c1-10-7-14(12(15)8-13(10)17(18)19)20-6-4-11-3-2-5-16-9-11/h7-8,11,16H,2-6,9H2,1H3. The van der Waals surface area contributed by atoms with Gasteiger partial charge in [-0.3, -0.25) is 10.1 Å². The van der Waals surface area contributed by atoms with Crippen LogP contribution in [0.1, 0.15) is 24.8 Å². The molecule has 6 heteroatoms. The fourth-order valence-electron chi connectivity index (χ4n) is 2.46. The zero-order valence-corrected chi connectivity index (χ0v) is 11.5. The van der Waals surface area contributed by atoms with Crippen molar-refractivity contribution >= 4 is 5.69 Å². The highest BCUT2D eigenvalue weighted by molar-refractivity contribution is 5.45. The Balaban J connectivity index is 1.92. The average Bonchev–Trinajstić information content (AvgIpc) is 2.43. The molecule has 1 aliphatic heterocycles. The molecule has 1 atom stereocenters. The van der Waals surface area contributed by atoms with Gasteiger partial charge in [-0.15, -0.1) is 0 Å². The summed E-state index contributed by atoms with van der Waals surface area (Å²) in [5.41, 5.74) is 0.192. The van der Waals surface area contributed by atoms with E-state index >= 15 is 0 Å². The monoisotopic (exact) mass is 282 g/mol. The smallest absolute Gasteiger partial charge is 0.275 e. The molecule has 1 aromatic rings. The maximum absolute atomic E-state index is 13.7. The first-order valence-corrected chi connectivity index (χ1v) is 6.86.